The number of benzene rings is 2. The van der Waals surface area contributed by atoms with E-state index in [1.165, 1.54) is 4.90 Å². The number of thioether (sulfide) groups is 1. The molecule has 98 valence electrons. The van der Waals surface area contributed by atoms with Crippen molar-refractivity contribution in [2.75, 3.05) is 14.2 Å². The van der Waals surface area contributed by atoms with Gasteiger partial charge in [0, 0.05) is 4.90 Å². The molecule has 0 aromatic heterocycles. The Morgan fingerprint density at radius 2 is 1.32 bits per heavy atom. The van der Waals surface area contributed by atoms with E-state index in [2.05, 4.69) is 11.5 Å². The maximum atomic E-state index is 5.13. The second-order valence-corrected chi connectivity index (χ2v) is 4.85. The fourth-order valence-corrected chi connectivity index (χ4v) is 2.24. The number of hydrogen-bond donors (Lipinski definition) is 0. The second-order valence-electron chi connectivity index (χ2n) is 3.87. The smallest absolute Gasteiger partial charge is 0.118 e. The minimum absolute atomic E-state index is 0.875. The number of rotatable bonds is 5. The van der Waals surface area contributed by atoms with Gasteiger partial charge in [-0.3, -0.25) is 0 Å². The van der Waals surface area contributed by atoms with Crippen molar-refractivity contribution in [2.45, 2.75) is 4.90 Å². The maximum absolute atomic E-state index is 5.13. The van der Waals surface area contributed by atoms with Crippen LogP contribution in [-0.4, -0.2) is 14.2 Å². The molecule has 0 atom stereocenters. The van der Waals surface area contributed by atoms with E-state index in [0.717, 1.165) is 17.1 Å². The first-order valence-electron chi connectivity index (χ1n) is 5.93. The molecule has 0 aliphatic carbocycles. The van der Waals surface area contributed by atoms with Crippen molar-refractivity contribution in [1.82, 2.24) is 0 Å². The maximum Gasteiger partial charge on any atom is 0.118 e. The fourth-order valence-electron chi connectivity index (χ4n) is 1.56. The second kappa shape index (κ2) is 6.90. The van der Waals surface area contributed by atoms with Crippen LogP contribution in [0.4, 0.5) is 0 Å². The summed E-state index contributed by atoms with van der Waals surface area (Å²) in [6.45, 7) is 0. The van der Waals surface area contributed by atoms with Gasteiger partial charge in [0.05, 0.1) is 14.2 Å². The van der Waals surface area contributed by atoms with Crippen LogP contribution >= 0.6 is 11.8 Å². The Morgan fingerprint density at radius 1 is 0.789 bits per heavy atom. The zero-order valence-corrected chi connectivity index (χ0v) is 11.8. The molecule has 0 aliphatic heterocycles. The highest BCUT2D eigenvalue weighted by atomic mass is 32.2. The zero-order chi connectivity index (χ0) is 13.5. The van der Waals surface area contributed by atoms with E-state index >= 15 is 0 Å². The molecular formula is C16H16O2S. The Morgan fingerprint density at radius 3 is 1.84 bits per heavy atom. The predicted molar refractivity (Wildman–Crippen MR) is 80.9 cm³/mol. The summed E-state index contributed by atoms with van der Waals surface area (Å²) < 4.78 is 10.2. The van der Waals surface area contributed by atoms with Gasteiger partial charge in [-0.1, -0.05) is 23.9 Å². The Hall–Kier alpha value is -1.87. The molecule has 2 aromatic carbocycles. The van der Waals surface area contributed by atoms with Crippen LogP contribution < -0.4 is 9.47 Å². The quantitative estimate of drug-likeness (QED) is 0.748. The highest BCUT2D eigenvalue weighted by Gasteiger charge is 1.93. The molecule has 2 nitrogen and oxygen atoms in total. The van der Waals surface area contributed by atoms with Crippen molar-refractivity contribution in [1.29, 1.82) is 0 Å². The lowest BCUT2D eigenvalue weighted by atomic mass is 10.2. The van der Waals surface area contributed by atoms with E-state index in [1.54, 1.807) is 26.0 Å². The zero-order valence-electron chi connectivity index (χ0n) is 11.0. The van der Waals surface area contributed by atoms with Crippen molar-refractivity contribution in [3.8, 4) is 11.5 Å². The van der Waals surface area contributed by atoms with Gasteiger partial charge in [-0.15, -0.1) is 0 Å². The largest absolute Gasteiger partial charge is 0.497 e. The molecular weight excluding hydrogens is 256 g/mol. The molecule has 0 saturated heterocycles. The van der Waals surface area contributed by atoms with Crippen molar-refractivity contribution in [2.24, 2.45) is 0 Å². The third-order valence-electron chi connectivity index (χ3n) is 2.64. The molecule has 0 unspecified atom stereocenters. The molecule has 0 aliphatic rings. The monoisotopic (exact) mass is 272 g/mol. The predicted octanol–water partition coefficient (Wildman–Crippen LogP) is 4.47. The Balaban J connectivity index is 1.94. The molecule has 19 heavy (non-hydrogen) atoms. The van der Waals surface area contributed by atoms with E-state index < -0.39 is 0 Å². The summed E-state index contributed by atoms with van der Waals surface area (Å²) in [4.78, 5) is 1.19. The van der Waals surface area contributed by atoms with Crippen LogP contribution in [-0.2, 0) is 0 Å². The van der Waals surface area contributed by atoms with Crippen molar-refractivity contribution < 1.29 is 9.47 Å². The van der Waals surface area contributed by atoms with E-state index in [-0.39, 0.29) is 0 Å². The SMILES string of the molecule is COc1ccc(/C=C/Sc2ccc(OC)cc2)cc1. The topological polar surface area (TPSA) is 18.5 Å². The van der Waals surface area contributed by atoms with Crippen LogP contribution in [0.15, 0.2) is 58.8 Å². The van der Waals surface area contributed by atoms with Crippen LogP contribution in [0.2, 0.25) is 0 Å². The minimum atomic E-state index is 0.875. The minimum Gasteiger partial charge on any atom is -0.497 e. The summed E-state index contributed by atoms with van der Waals surface area (Å²) in [5.41, 5.74) is 1.15. The molecule has 0 spiro atoms. The molecule has 2 aromatic rings. The molecule has 0 radical (unpaired) electrons. The van der Waals surface area contributed by atoms with Gasteiger partial charge >= 0.3 is 0 Å². The van der Waals surface area contributed by atoms with Crippen LogP contribution in [0.25, 0.3) is 6.08 Å². The highest BCUT2D eigenvalue weighted by molar-refractivity contribution is 8.02. The first kappa shape index (κ1) is 13.6. The van der Waals surface area contributed by atoms with Crippen LogP contribution in [0, 0.1) is 0 Å². The molecule has 2 rings (SSSR count). The summed E-state index contributed by atoms with van der Waals surface area (Å²) in [5, 5.41) is 2.07. The van der Waals surface area contributed by atoms with Gasteiger partial charge < -0.3 is 9.47 Å². The van der Waals surface area contributed by atoms with Gasteiger partial charge in [0.25, 0.3) is 0 Å². The Kier molecular flexibility index (Phi) is 4.93. The first-order valence-corrected chi connectivity index (χ1v) is 6.81. The molecule has 0 saturated carbocycles. The molecule has 0 fully saturated rings. The van der Waals surface area contributed by atoms with E-state index in [1.807, 2.05) is 48.5 Å². The van der Waals surface area contributed by atoms with Gasteiger partial charge in [0.1, 0.15) is 11.5 Å². The summed E-state index contributed by atoms with van der Waals surface area (Å²) >= 11 is 1.68. The molecule has 0 heterocycles. The lowest BCUT2D eigenvalue weighted by molar-refractivity contribution is 0.414. The lowest BCUT2D eigenvalue weighted by Crippen LogP contribution is -1.81. The summed E-state index contributed by atoms with van der Waals surface area (Å²) in [6, 6.07) is 16.0. The number of methoxy groups -OCH3 is 2. The first-order chi connectivity index (χ1) is 9.31. The molecule has 0 amide bonds. The van der Waals surface area contributed by atoms with E-state index in [0.29, 0.717) is 0 Å². The van der Waals surface area contributed by atoms with Crippen LogP contribution in [0.1, 0.15) is 5.56 Å². The molecule has 3 heteroatoms. The number of ether oxygens (including phenoxy) is 2. The van der Waals surface area contributed by atoms with Gasteiger partial charge in [-0.25, -0.2) is 0 Å². The number of hydrogen-bond acceptors (Lipinski definition) is 3. The van der Waals surface area contributed by atoms with Crippen LogP contribution in [0.5, 0.6) is 11.5 Å². The Bertz CT molecular complexity index is 530. The Labute approximate surface area is 118 Å². The third-order valence-corrected chi connectivity index (χ3v) is 3.46. The van der Waals surface area contributed by atoms with E-state index in [4.69, 9.17) is 9.47 Å². The summed E-state index contributed by atoms with van der Waals surface area (Å²) in [5.74, 6) is 1.75. The summed E-state index contributed by atoms with van der Waals surface area (Å²) in [7, 11) is 3.34. The van der Waals surface area contributed by atoms with Crippen molar-refractivity contribution >= 4 is 17.8 Å². The third kappa shape index (κ3) is 4.07. The van der Waals surface area contributed by atoms with Gasteiger partial charge in [-0.05, 0) is 53.4 Å². The summed E-state index contributed by atoms with van der Waals surface area (Å²) in [6.07, 6.45) is 2.08. The normalized spacial score (nSPS) is 10.6. The van der Waals surface area contributed by atoms with Crippen molar-refractivity contribution in [3.63, 3.8) is 0 Å². The lowest BCUT2D eigenvalue weighted by Gasteiger charge is -2.01. The molecule has 0 bridgehead atoms. The molecule has 0 N–H and O–H groups in total. The standard InChI is InChI=1S/C16H16O2S/c1-17-14-5-3-13(4-6-14)11-12-19-16-9-7-15(18-2)8-10-16/h3-12H,1-2H3/b12-11+. The van der Waals surface area contributed by atoms with Gasteiger partial charge in [-0.2, -0.15) is 0 Å². The van der Waals surface area contributed by atoms with Gasteiger partial charge in [0.15, 0.2) is 0 Å². The van der Waals surface area contributed by atoms with Crippen molar-refractivity contribution in [3.05, 3.63) is 59.5 Å². The van der Waals surface area contributed by atoms with E-state index in [9.17, 15) is 0 Å². The fraction of sp³-hybridized carbons (Fsp3) is 0.125. The van der Waals surface area contributed by atoms with Crippen LogP contribution in [0.3, 0.4) is 0 Å². The highest BCUT2D eigenvalue weighted by Crippen LogP contribution is 2.23. The van der Waals surface area contributed by atoms with Gasteiger partial charge in [0.2, 0.25) is 0 Å². The average molecular weight is 272 g/mol. The average Bonchev–Trinajstić information content (AvgIpc) is 2.49.